The van der Waals surface area contributed by atoms with Crippen LogP contribution in [0.3, 0.4) is 0 Å². The first-order chi connectivity index (χ1) is 9.68. The van der Waals surface area contributed by atoms with Crippen LogP contribution in [0.15, 0.2) is 24.3 Å². The number of hydrogen-bond donors (Lipinski definition) is 1. The lowest BCUT2D eigenvalue weighted by atomic mass is 9.87. The fourth-order valence-corrected chi connectivity index (χ4v) is 1.88. The smallest absolute Gasteiger partial charge is 0.425 e. The third kappa shape index (κ3) is 4.41. The summed E-state index contributed by atoms with van der Waals surface area (Å²) in [6.45, 7) is 6.38. The fourth-order valence-electron chi connectivity index (χ4n) is 1.88. The third-order valence-electron chi connectivity index (χ3n) is 3.48. The summed E-state index contributed by atoms with van der Waals surface area (Å²) in [6, 6.07) is 6.38. The van der Waals surface area contributed by atoms with E-state index in [1.807, 2.05) is 20.8 Å². The summed E-state index contributed by atoms with van der Waals surface area (Å²) >= 11 is 0. The van der Waals surface area contributed by atoms with Crippen molar-refractivity contribution in [1.82, 2.24) is 5.32 Å². The minimum absolute atomic E-state index is 0.0189. The quantitative estimate of drug-likeness (QED) is 0.903. The van der Waals surface area contributed by atoms with E-state index in [1.165, 1.54) is 12.1 Å². The van der Waals surface area contributed by atoms with E-state index in [9.17, 15) is 13.6 Å². The van der Waals surface area contributed by atoms with Gasteiger partial charge >= 0.3 is 12.0 Å². The molecule has 3 nitrogen and oxygen atoms in total. The maximum absolute atomic E-state index is 13.7. The molecule has 1 fully saturated rings. The summed E-state index contributed by atoms with van der Waals surface area (Å²) in [7, 11) is 0. The van der Waals surface area contributed by atoms with Crippen LogP contribution in [0.25, 0.3) is 0 Å². The minimum atomic E-state index is -3.85. The molecule has 116 valence electrons. The Morgan fingerprint density at radius 1 is 1.24 bits per heavy atom. The lowest BCUT2D eigenvalue weighted by Crippen LogP contribution is -2.45. The van der Waals surface area contributed by atoms with E-state index in [0.717, 1.165) is 18.4 Å². The Bertz CT molecular complexity index is 502. The van der Waals surface area contributed by atoms with Crippen molar-refractivity contribution < 1.29 is 18.3 Å². The highest BCUT2D eigenvalue weighted by Crippen LogP contribution is 2.29. The molecule has 1 N–H and O–H groups in total. The molecule has 0 saturated heterocycles. The van der Waals surface area contributed by atoms with E-state index in [0.29, 0.717) is 12.5 Å². The number of amides is 1. The molecule has 0 spiro atoms. The van der Waals surface area contributed by atoms with Crippen molar-refractivity contribution in [2.75, 3.05) is 6.54 Å². The fraction of sp³-hybridized carbons (Fsp3) is 0.562. The van der Waals surface area contributed by atoms with E-state index in [4.69, 9.17) is 0 Å². The highest BCUT2D eigenvalue weighted by molar-refractivity contribution is 5.82. The summed E-state index contributed by atoms with van der Waals surface area (Å²) in [6.07, 6.45) is -1.87. The van der Waals surface area contributed by atoms with E-state index in [-0.39, 0.29) is 11.2 Å². The molecular weight excluding hydrogens is 276 g/mol. The SMILES string of the molecule is CC(C)(C)c1ccc(OC(F)(F)C(=O)NCC2CC2)cc1. The third-order valence-corrected chi connectivity index (χ3v) is 3.48. The number of benzene rings is 1. The average molecular weight is 297 g/mol. The van der Waals surface area contributed by atoms with Crippen molar-refractivity contribution in [3.8, 4) is 5.75 Å². The number of carbonyl (C=O) groups excluding carboxylic acids is 1. The summed E-state index contributed by atoms with van der Waals surface area (Å²) in [5.74, 6) is -1.06. The average Bonchev–Trinajstić information content (AvgIpc) is 3.19. The Balaban J connectivity index is 1.96. The van der Waals surface area contributed by atoms with Gasteiger partial charge in [-0.05, 0) is 41.9 Å². The lowest BCUT2D eigenvalue weighted by Gasteiger charge is -2.20. The number of rotatable bonds is 5. The Labute approximate surface area is 123 Å². The number of ether oxygens (including phenoxy) is 1. The first kappa shape index (κ1) is 15.7. The molecule has 1 amide bonds. The van der Waals surface area contributed by atoms with Crippen LogP contribution in [0.4, 0.5) is 8.78 Å². The number of nitrogens with one attached hydrogen (secondary N) is 1. The van der Waals surface area contributed by atoms with Gasteiger partial charge in [0.05, 0.1) is 0 Å². The molecule has 0 unspecified atom stereocenters. The van der Waals surface area contributed by atoms with Gasteiger partial charge in [-0.15, -0.1) is 0 Å². The first-order valence-electron chi connectivity index (χ1n) is 7.14. The summed E-state index contributed by atoms with van der Waals surface area (Å²) in [5.41, 5.74) is 0.944. The molecule has 0 bridgehead atoms. The zero-order valence-corrected chi connectivity index (χ0v) is 12.6. The number of alkyl halides is 2. The number of carbonyl (C=O) groups is 1. The molecule has 1 saturated carbocycles. The number of hydrogen-bond acceptors (Lipinski definition) is 2. The van der Waals surface area contributed by atoms with Crippen molar-refractivity contribution >= 4 is 5.91 Å². The zero-order valence-electron chi connectivity index (χ0n) is 12.6. The molecule has 0 atom stereocenters. The minimum Gasteiger partial charge on any atom is -0.425 e. The van der Waals surface area contributed by atoms with Crippen molar-refractivity contribution in [2.45, 2.75) is 45.1 Å². The predicted octanol–water partition coefficient (Wildman–Crippen LogP) is 3.48. The second-order valence-electron chi connectivity index (χ2n) is 6.55. The Morgan fingerprint density at radius 2 is 1.81 bits per heavy atom. The highest BCUT2D eigenvalue weighted by Gasteiger charge is 2.42. The molecule has 2 rings (SSSR count). The van der Waals surface area contributed by atoms with E-state index in [2.05, 4.69) is 10.1 Å². The molecular formula is C16H21F2NO2. The van der Waals surface area contributed by atoms with Gasteiger partial charge in [-0.2, -0.15) is 8.78 Å². The Morgan fingerprint density at radius 3 is 2.29 bits per heavy atom. The maximum atomic E-state index is 13.7. The zero-order chi connectivity index (χ0) is 15.7. The van der Waals surface area contributed by atoms with Crippen LogP contribution in [0.5, 0.6) is 5.75 Å². The summed E-state index contributed by atoms with van der Waals surface area (Å²) in [5, 5.41) is 2.23. The van der Waals surface area contributed by atoms with Gasteiger partial charge in [-0.25, -0.2) is 0 Å². The van der Waals surface area contributed by atoms with Gasteiger partial charge in [0.1, 0.15) is 5.75 Å². The lowest BCUT2D eigenvalue weighted by molar-refractivity contribution is -0.192. The van der Waals surface area contributed by atoms with Crippen LogP contribution in [-0.4, -0.2) is 18.6 Å². The van der Waals surface area contributed by atoms with Crippen LogP contribution in [-0.2, 0) is 10.2 Å². The highest BCUT2D eigenvalue weighted by atomic mass is 19.3. The van der Waals surface area contributed by atoms with Crippen molar-refractivity contribution in [3.63, 3.8) is 0 Å². The second kappa shape index (κ2) is 5.62. The predicted molar refractivity (Wildman–Crippen MR) is 76.5 cm³/mol. The van der Waals surface area contributed by atoms with Gasteiger partial charge in [0.2, 0.25) is 0 Å². The van der Waals surface area contributed by atoms with Crippen LogP contribution < -0.4 is 10.1 Å². The number of halogens is 2. The van der Waals surface area contributed by atoms with Gasteiger partial charge in [0, 0.05) is 6.54 Å². The molecule has 0 radical (unpaired) electrons. The molecule has 1 aromatic carbocycles. The van der Waals surface area contributed by atoms with Crippen LogP contribution >= 0.6 is 0 Å². The van der Waals surface area contributed by atoms with Crippen LogP contribution in [0.2, 0.25) is 0 Å². The Kier molecular flexibility index (Phi) is 4.21. The normalized spacial score (nSPS) is 15.7. The second-order valence-corrected chi connectivity index (χ2v) is 6.55. The standard InChI is InChI=1S/C16H21F2NO2/c1-15(2,3)12-6-8-13(9-7-12)21-16(17,18)14(20)19-10-11-4-5-11/h6-9,11H,4-5,10H2,1-3H3,(H,19,20). The molecule has 1 aliphatic rings. The van der Waals surface area contributed by atoms with E-state index in [1.54, 1.807) is 12.1 Å². The van der Waals surface area contributed by atoms with Crippen molar-refractivity contribution in [2.24, 2.45) is 5.92 Å². The van der Waals surface area contributed by atoms with E-state index >= 15 is 0 Å². The van der Waals surface area contributed by atoms with Gasteiger partial charge in [-0.3, -0.25) is 4.79 Å². The van der Waals surface area contributed by atoms with Gasteiger partial charge in [-0.1, -0.05) is 32.9 Å². The van der Waals surface area contributed by atoms with Crippen LogP contribution in [0.1, 0.15) is 39.2 Å². The van der Waals surface area contributed by atoms with Crippen molar-refractivity contribution in [3.05, 3.63) is 29.8 Å². The van der Waals surface area contributed by atoms with Crippen molar-refractivity contribution in [1.29, 1.82) is 0 Å². The summed E-state index contributed by atoms with van der Waals surface area (Å²) in [4.78, 5) is 11.4. The first-order valence-corrected chi connectivity index (χ1v) is 7.14. The van der Waals surface area contributed by atoms with Gasteiger partial charge in [0.15, 0.2) is 0 Å². The molecule has 1 aliphatic carbocycles. The largest absolute Gasteiger partial charge is 0.482 e. The Hall–Kier alpha value is -1.65. The van der Waals surface area contributed by atoms with Gasteiger partial charge in [0.25, 0.3) is 0 Å². The molecule has 5 heteroatoms. The van der Waals surface area contributed by atoms with Crippen LogP contribution in [0, 0.1) is 5.92 Å². The molecule has 0 aromatic heterocycles. The summed E-state index contributed by atoms with van der Waals surface area (Å²) < 4.78 is 31.9. The molecule has 1 aromatic rings. The monoisotopic (exact) mass is 297 g/mol. The molecule has 0 heterocycles. The molecule has 0 aliphatic heterocycles. The maximum Gasteiger partial charge on any atom is 0.482 e. The molecule has 21 heavy (non-hydrogen) atoms. The topological polar surface area (TPSA) is 38.3 Å². The van der Waals surface area contributed by atoms with Gasteiger partial charge < -0.3 is 10.1 Å². The van der Waals surface area contributed by atoms with E-state index < -0.39 is 12.0 Å².